The molecule has 0 radical (unpaired) electrons. The van der Waals surface area contributed by atoms with Crippen LogP contribution in [-0.4, -0.2) is 43.3 Å². The molecule has 7 heteroatoms. The van der Waals surface area contributed by atoms with Crippen LogP contribution in [0.1, 0.15) is 27.7 Å². The van der Waals surface area contributed by atoms with Crippen molar-refractivity contribution in [3.05, 3.63) is 12.3 Å². The molecular weight excluding hydrogens is 268 g/mol. The van der Waals surface area contributed by atoms with Gasteiger partial charge in [-0.1, -0.05) is 0 Å². The van der Waals surface area contributed by atoms with Crippen LogP contribution in [-0.2, 0) is 33.3 Å². The second kappa shape index (κ2) is 9.82. The van der Waals surface area contributed by atoms with Crippen molar-refractivity contribution in [3.63, 3.8) is 0 Å². The van der Waals surface area contributed by atoms with E-state index in [9.17, 15) is 14.4 Å². The average molecular weight is 288 g/mol. The van der Waals surface area contributed by atoms with Crippen LogP contribution in [0, 0.1) is 0 Å². The van der Waals surface area contributed by atoms with Crippen LogP contribution in [0.2, 0.25) is 0 Å². The smallest absolute Gasteiger partial charge is 0.303 e. The fraction of sp³-hybridized carbons (Fsp3) is 0.615. The van der Waals surface area contributed by atoms with E-state index < -0.39 is 24.1 Å². The Labute approximate surface area is 117 Å². The minimum Gasteiger partial charge on any atom is -0.498 e. The zero-order valence-corrected chi connectivity index (χ0v) is 12.1. The van der Waals surface area contributed by atoms with Gasteiger partial charge in [-0.05, 0) is 13.0 Å². The van der Waals surface area contributed by atoms with Gasteiger partial charge < -0.3 is 18.9 Å². The molecule has 0 saturated heterocycles. The zero-order valence-electron chi connectivity index (χ0n) is 12.1. The first-order valence-electron chi connectivity index (χ1n) is 6.09. The van der Waals surface area contributed by atoms with Crippen molar-refractivity contribution in [2.45, 2.75) is 39.9 Å². The van der Waals surface area contributed by atoms with E-state index in [1.165, 1.54) is 33.1 Å². The molecule has 20 heavy (non-hydrogen) atoms. The Hall–Kier alpha value is -2.05. The number of hydrogen-bond donors (Lipinski definition) is 0. The van der Waals surface area contributed by atoms with Crippen molar-refractivity contribution in [2.75, 3.05) is 13.2 Å². The van der Waals surface area contributed by atoms with E-state index >= 15 is 0 Å². The van der Waals surface area contributed by atoms with Gasteiger partial charge in [-0.2, -0.15) is 0 Å². The van der Waals surface area contributed by atoms with Crippen LogP contribution in [0.25, 0.3) is 0 Å². The maximum Gasteiger partial charge on any atom is 0.303 e. The standard InChI is InChI=1S/C13H20O7/c1-9(19-11(3)15)13(20-12(4)16)5-6-17-7-8-18-10(2)14/h5-6,9,13H,7-8H2,1-4H3/b6-5-/t9-,13+/m0/s1. The number of hydrogen-bond acceptors (Lipinski definition) is 7. The monoisotopic (exact) mass is 288 g/mol. The fourth-order valence-electron chi connectivity index (χ4n) is 1.25. The summed E-state index contributed by atoms with van der Waals surface area (Å²) in [4.78, 5) is 32.3. The molecule has 0 aromatic carbocycles. The summed E-state index contributed by atoms with van der Waals surface area (Å²) in [6, 6.07) is 0. The highest BCUT2D eigenvalue weighted by Crippen LogP contribution is 2.07. The van der Waals surface area contributed by atoms with Crippen molar-refractivity contribution in [1.29, 1.82) is 0 Å². The lowest BCUT2D eigenvalue weighted by molar-refractivity contribution is -0.160. The topological polar surface area (TPSA) is 88.1 Å². The molecular formula is C13H20O7. The Kier molecular flexibility index (Phi) is 8.82. The summed E-state index contributed by atoms with van der Waals surface area (Å²) in [6.07, 6.45) is 1.37. The second-order valence-corrected chi connectivity index (χ2v) is 3.93. The molecule has 7 nitrogen and oxygen atoms in total. The quantitative estimate of drug-likeness (QED) is 0.284. The molecule has 0 saturated carbocycles. The molecule has 114 valence electrons. The van der Waals surface area contributed by atoms with Gasteiger partial charge in [0.25, 0.3) is 0 Å². The van der Waals surface area contributed by atoms with Crippen LogP contribution in [0.15, 0.2) is 12.3 Å². The molecule has 0 fully saturated rings. The normalized spacial score (nSPS) is 13.4. The third-order valence-corrected chi connectivity index (χ3v) is 1.99. The van der Waals surface area contributed by atoms with Gasteiger partial charge in [-0.3, -0.25) is 14.4 Å². The predicted octanol–water partition coefficient (Wildman–Crippen LogP) is 0.963. The Balaban J connectivity index is 4.23. The molecule has 0 rings (SSSR count). The van der Waals surface area contributed by atoms with E-state index in [4.69, 9.17) is 14.2 Å². The van der Waals surface area contributed by atoms with Crippen molar-refractivity contribution in [1.82, 2.24) is 0 Å². The zero-order chi connectivity index (χ0) is 15.5. The third-order valence-electron chi connectivity index (χ3n) is 1.99. The third kappa shape index (κ3) is 9.93. The molecule has 0 aliphatic heterocycles. The van der Waals surface area contributed by atoms with Crippen molar-refractivity contribution < 1.29 is 33.3 Å². The molecule has 0 spiro atoms. The van der Waals surface area contributed by atoms with Gasteiger partial charge in [-0.25, -0.2) is 0 Å². The number of rotatable bonds is 8. The van der Waals surface area contributed by atoms with Gasteiger partial charge in [0.1, 0.15) is 19.3 Å². The van der Waals surface area contributed by atoms with Gasteiger partial charge in [0.05, 0.1) is 6.26 Å². The van der Waals surface area contributed by atoms with E-state index in [-0.39, 0.29) is 19.2 Å². The molecule has 0 N–H and O–H groups in total. The van der Waals surface area contributed by atoms with Gasteiger partial charge >= 0.3 is 17.9 Å². The first-order valence-corrected chi connectivity index (χ1v) is 6.09. The number of carbonyl (C=O) groups excluding carboxylic acids is 3. The van der Waals surface area contributed by atoms with Crippen LogP contribution in [0.4, 0.5) is 0 Å². The molecule has 0 aliphatic rings. The van der Waals surface area contributed by atoms with E-state index in [1.54, 1.807) is 6.92 Å². The second-order valence-electron chi connectivity index (χ2n) is 3.93. The van der Waals surface area contributed by atoms with Crippen molar-refractivity contribution in [2.24, 2.45) is 0 Å². The van der Waals surface area contributed by atoms with E-state index in [0.29, 0.717) is 0 Å². The van der Waals surface area contributed by atoms with Gasteiger partial charge in [0, 0.05) is 20.8 Å². The van der Waals surface area contributed by atoms with Gasteiger partial charge in [0.2, 0.25) is 0 Å². The summed E-state index contributed by atoms with van der Waals surface area (Å²) in [7, 11) is 0. The molecule has 2 atom stereocenters. The largest absolute Gasteiger partial charge is 0.498 e. The number of carbonyl (C=O) groups is 3. The van der Waals surface area contributed by atoms with E-state index in [2.05, 4.69) is 4.74 Å². The minimum absolute atomic E-state index is 0.122. The molecule has 0 heterocycles. The van der Waals surface area contributed by atoms with Crippen LogP contribution >= 0.6 is 0 Å². The molecule has 0 unspecified atom stereocenters. The van der Waals surface area contributed by atoms with Crippen LogP contribution in [0.3, 0.4) is 0 Å². The predicted molar refractivity (Wildman–Crippen MR) is 68.5 cm³/mol. The highest BCUT2D eigenvalue weighted by atomic mass is 16.6. The van der Waals surface area contributed by atoms with Crippen LogP contribution < -0.4 is 0 Å². The van der Waals surface area contributed by atoms with Crippen molar-refractivity contribution in [3.8, 4) is 0 Å². The Morgan fingerprint density at radius 2 is 1.55 bits per heavy atom. The Morgan fingerprint density at radius 1 is 0.950 bits per heavy atom. The average Bonchev–Trinajstić information content (AvgIpc) is 2.30. The maximum atomic E-state index is 11.0. The number of ether oxygens (including phenoxy) is 4. The first kappa shape index (κ1) is 17.9. The van der Waals surface area contributed by atoms with E-state index in [0.717, 1.165) is 0 Å². The summed E-state index contributed by atoms with van der Waals surface area (Å²) < 4.78 is 19.6. The summed E-state index contributed by atoms with van der Waals surface area (Å²) in [5.74, 6) is -1.36. The lowest BCUT2D eigenvalue weighted by atomic mass is 10.2. The SMILES string of the molecule is CC(=O)OCCO/C=C\[C@@H](OC(C)=O)[C@H](C)OC(C)=O. The van der Waals surface area contributed by atoms with E-state index in [1.807, 2.05) is 0 Å². The summed E-state index contributed by atoms with van der Waals surface area (Å²) in [5.41, 5.74) is 0. The first-order chi connectivity index (χ1) is 9.32. The maximum absolute atomic E-state index is 11.0. The highest BCUT2D eigenvalue weighted by molar-refractivity contribution is 5.67. The van der Waals surface area contributed by atoms with Crippen molar-refractivity contribution >= 4 is 17.9 Å². The molecule has 0 aromatic heterocycles. The van der Waals surface area contributed by atoms with Crippen LogP contribution in [0.5, 0.6) is 0 Å². The number of esters is 3. The molecule has 0 bridgehead atoms. The highest BCUT2D eigenvalue weighted by Gasteiger charge is 2.20. The summed E-state index contributed by atoms with van der Waals surface area (Å²) in [5, 5.41) is 0. The summed E-state index contributed by atoms with van der Waals surface area (Å²) in [6.45, 7) is 5.71. The molecule has 0 aromatic rings. The molecule has 0 amide bonds. The lowest BCUT2D eigenvalue weighted by Gasteiger charge is -2.20. The van der Waals surface area contributed by atoms with Gasteiger partial charge in [-0.15, -0.1) is 0 Å². The lowest BCUT2D eigenvalue weighted by Crippen LogP contribution is -2.30. The Bertz CT molecular complexity index is 362. The van der Waals surface area contributed by atoms with Gasteiger partial charge in [0.15, 0.2) is 6.10 Å². The summed E-state index contributed by atoms with van der Waals surface area (Å²) >= 11 is 0. The Morgan fingerprint density at radius 3 is 2.05 bits per heavy atom. The fourth-order valence-corrected chi connectivity index (χ4v) is 1.25. The minimum atomic E-state index is -0.745. The molecule has 0 aliphatic carbocycles.